The smallest absolute Gasteiger partial charge is 0.494 e. The second-order valence-electron chi connectivity index (χ2n) is 10.4. The van der Waals surface area contributed by atoms with Crippen LogP contribution in [-0.4, -0.2) is 46.9 Å². The van der Waals surface area contributed by atoms with Gasteiger partial charge in [-0.15, -0.1) is 0 Å². The van der Waals surface area contributed by atoms with Crippen molar-refractivity contribution < 1.29 is 28.8 Å². The lowest BCUT2D eigenvalue weighted by molar-refractivity contribution is 0.00578. The van der Waals surface area contributed by atoms with Gasteiger partial charge in [0.05, 0.1) is 22.4 Å². The molecule has 4 rings (SSSR count). The van der Waals surface area contributed by atoms with E-state index in [1.165, 1.54) is 0 Å². The molecule has 2 heterocycles. The van der Waals surface area contributed by atoms with Gasteiger partial charge in [0.15, 0.2) is 0 Å². The maximum atomic E-state index is 9.42. The maximum Gasteiger partial charge on any atom is 0.494 e. The van der Waals surface area contributed by atoms with Crippen LogP contribution in [-0.2, 0) is 18.6 Å². The zero-order chi connectivity index (χ0) is 23.9. The number of phenolic OH excluding ortho intramolecular Hbond substituents is 2. The van der Waals surface area contributed by atoms with Crippen molar-refractivity contribution in [1.82, 2.24) is 0 Å². The van der Waals surface area contributed by atoms with Gasteiger partial charge in [0.1, 0.15) is 11.5 Å². The molecule has 2 N–H and O–H groups in total. The first-order valence-corrected chi connectivity index (χ1v) is 10.9. The van der Waals surface area contributed by atoms with Crippen molar-refractivity contribution in [3.63, 3.8) is 0 Å². The van der Waals surface area contributed by atoms with Crippen LogP contribution in [0, 0.1) is 0 Å². The monoisotopic (exact) mass is 440 g/mol. The second-order valence-corrected chi connectivity index (χ2v) is 10.4. The zero-order valence-corrected chi connectivity index (χ0v) is 20.3. The Balaban J connectivity index is 0.000000181. The van der Waals surface area contributed by atoms with Gasteiger partial charge in [-0.05, 0) is 90.6 Å². The van der Waals surface area contributed by atoms with Gasteiger partial charge in [-0.2, -0.15) is 0 Å². The van der Waals surface area contributed by atoms with Crippen LogP contribution in [0.4, 0.5) is 0 Å². The maximum absolute atomic E-state index is 9.42. The van der Waals surface area contributed by atoms with Crippen LogP contribution in [0.25, 0.3) is 0 Å². The summed E-state index contributed by atoms with van der Waals surface area (Å²) in [7, 11) is -0.811. The van der Waals surface area contributed by atoms with E-state index >= 15 is 0 Å². The predicted octanol–water partition coefficient (Wildman–Crippen LogP) is 3.38. The fourth-order valence-corrected chi connectivity index (χ4v) is 3.30. The molecule has 172 valence electrons. The van der Waals surface area contributed by atoms with Crippen molar-refractivity contribution in [1.29, 1.82) is 0 Å². The molecule has 0 radical (unpaired) electrons. The topological polar surface area (TPSA) is 77.4 Å². The third-order valence-electron chi connectivity index (χ3n) is 6.79. The fraction of sp³-hybridized carbons (Fsp3) is 0.500. The Kier molecular flexibility index (Phi) is 6.48. The van der Waals surface area contributed by atoms with Crippen molar-refractivity contribution in [3.05, 3.63) is 48.5 Å². The van der Waals surface area contributed by atoms with Gasteiger partial charge in [0, 0.05) is 0 Å². The van der Waals surface area contributed by atoms with Gasteiger partial charge in [0.25, 0.3) is 0 Å². The number of hydrogen-bond donors (Lipinski definition) is 2. The second kappa shape index (κ2) is 8.41. The molecular formula is C24H34B2O6. The van der Waals surface area contributed by atoms with E-state index in [9.17, 15) is 10.2 Å². The van der Waals surface area contributed by atoms with Gasteiger partial charge in [0.2, 0.25) is 0 Å². The van der Waals surface area contributed by atoms with E-state index in [1.54, 1.807) is 36.4 Å². The Morgan fingerprint density at radius 3 is 1.06 bits per heavy atom. The van der Waals surface area contributed by atoms with Crippen molar-refractivity contribution in [2.75, 3.05) is 0 Å². The average Bonchev–Trinajstić information content (AvgIpc) is 3.02. The Labute approximate surface area is 192 Å². The van der Waals surface area contributed by atoms with Gasteiger partial charge < -0.3 is 28.8 Å². The van der Waals surface area contributed by atoms with Crippen molar-refractivity contribution >= 4 is 25.2 Å². The third kappa shape index (κ3) is 4.99. The highest BCUT2D eigenvalue weighted by molar-refractivity contribution is 6.62. The van der Waals surface area contributed by atoms with E-state index in [0.717, 1.165) is 10.9 Å². The van der Waals surface area contributed by atoms with Crippen molar-refractivity contribution in [2.45, 2.75) is 77.8 Å². The molecule has 6 nitrogen and oxygen atoms in total. The Hall–Kier alpha value is -1.99. The molecule has 0 spiro atoms. The summed E-state index contributed by atoms with van der Waals surface area (Å²) in [4.78, 5) is 0. The first kappa shape index (κ1) is 24.6. The summed E-state index contributed by atoms with van der Waals surface area (Å²) in [5.41, 5.74) is 0.315. The largest absolute Gasteiger partial charge is 0.508 e. The van der Waals surface area contributed by atoms with E-state index in [0.29, 0.717) is 0 Å². The Morgan fingerprint density at radius 1 is 0.531 bits per heavy atom. The minimum absolute atomic E-state index is 0.229. The highest BCUT2D eigenvalue weighted by atomic mass is 16.7. The van der Waals surface area contributed by atoms with Gasteiger partial charge in [-0.1, -0.05) is 24.3 Å². The number of rotatable bonds is 2. The van der Waals surface area contributed by atoms with Crippen molar-refractivity contribution in [2.24, 2.45) is 0 Å². The van der Waals surface area contributed by atoms with Crippen LogP contribution in [0.5, 0.6) is 11.5 Å². The first-order chi connectivity index (χ1) is 14.6. The zero-order valence-electron chi connectivity index (χ0n) is 20.3. The highest BCUT2D eigenvalue weighted by Gasteiger charge is 2.52. The predicted molar refractivity (Wildman–Crippen MR) is 128 cm³/mol. The third-order valence-corrected chi connectivity index (χ3v) is 6.79. The lowest BCUT2D eigenvalue weighted by atomic mass is 9.79. The summed E-state index contributed by atoms with van der Waals surface area (Å²) in [6, 6.07) is 14.0. The summed E-state index contributed by atoms with van der Waals surface area (Å²) < 4.78 is 23.5. The molecule has 0 aromatic heterocycles. The van der Waals surface area contributed by atoms with Gasteiger partial charge >= 0.3 is 14.2 Å². The minimum Gasteiger partial charge on any atom is -0.508 e. The fourth-order valence-electron chi connectivity index (χ4n) is 3.30. The van der Waals surface area contributed by atoms with Crippen LogP contribution in [0.1, 0.15) is 55.4 Å². The molecular weight excluding hydrogens is 406 g/mol. The average molecular weight is 440 g/mol. The lowest BCUT2D eigenvalue weighted by Gasteiger charge is -2.32. The number of hydrogen-bond acceptors (Lipinski definition) is 6. The normalized spacial score (nSPS) is 22.4. The summed E-state index contributed by atoms with van der Waals surface area (Å²) in [5.74, 6) is 0.458. The molecule has 0 bridgehead atoms. The number of phenols is 2. The SMILES string of the molecule is CC1(C)OB(c2cccc(O)c2)OC1(C)C.CC1(C)OB(c2cccc(O)c2)OC1(C)C. The van der Waals surface area contributed by atoms with Crippen LogP contribution >= 0.6 is 0 Å². The molecule has 2 aromatic rings. The number of benzene rings is 2. The van der Waals surface area contributed by atoms with E-state index in [-0.39, 0.29) is 33.9 Å². The van der Waals surface area contributed by atoms with E-state index in [1.807, 2.05) is 67.5 Å². The molecule has 0 unspecified atom stereocenters. The summed E-state index contributed by atoms with van der Waals surface area (Å²) in [6.07, 6.45) is 0. The molecule has 32 heavy (non-hydrogen) atoms. The molecule has 2 aliphatic rings. The van der Waals surface area contributed by atoms with Crippen LogP contribution in [0.3, 0.4) is 0 Å². The van der Waals surface area contributed by atoms with E-state index in [2.05, 4.69) is 0 Å². The minimum atomic E-state index is -0.405. The summed E-state index contributed by atoms with van der Waals surface area (Å²) in [5, 5.41) is 18.8. The van der Waals surface area contributed by atoms with Crippen LogP contribution < -0.4 is 10.9 Å². The van der Waals surface area contributed by atoms with Crippen LogP contribution in [0.2, 0.25) is 0 Å². The molecule has 8 heteroatoms. The van der Waals surface area contributed by atoms with Gasteiger partial charge in [-0.3, -0.25) is 0 Å². The van der Waals surface area contributed by atoms with Crippen LogP contribution in [0.15, 0.2) is 48.5 Å². The molecule has 2 saturated heterocycles. The summed E-state index contributed by atoms with van der Waals surface area (Å²) in [6.45, 7) is 16.1. The quantitative estimate of drug-likeness (QED) is 0.698. The first-order valence-electron chi connectivity index (χ1n) is 10.9. The highest BCUT2D eigenvalue weighted by Crippen LogP contribution is 2.37. The van der Waals surface area contributed by atoms with E-state index in [4.69, 9.17) is 18.6 Å². The number of aromatic hydroxyl groups is 2. The molecule has 2 fully saturated rings. The molecule has 0 aliphatic carbocycles. The molecule has 2 aromatic carbocycles. The Morgan fingerprint density at radius 2 is 0.812 bits per heavy atom. The van der Waals surface area contributed by atoms with Crippen molar-refractivity contribution in [3.8, 4) is 11.5 Å². The standard InChI is InChI=1S/2C12H17BO3/c2*1-11(2)12(3,4)16-13(15-11)9-6-5-7-10(14)8-9/h2*5-8,14H,1-4H3. The molecule has 0 saturated carbocycles. The molecule has 2 aliphatic heterocycles. The summed E-state index contributed by atoms with van der Waals surface area (Å²) >= 11 is 0. The van der Waals surface area contributed by atoms with E-state index < -0.39 is 14.2 Å². The molecule has 0 amide bonds. The van der Waals surface area contributed by atoms with Gasteiger partial charge in [-0.25, -0.2) is 0 Å². The Bertz CT molecular complexity index is 848. The molecule has 0 atom stereocenters. The lowest BCUT2D eigenvalue weighted by Crippen LogP contribution is -2.41.